The van der Waals surface area contributed by atoms with Gasteiger partial charge in [-0.3, -0.25) is 11.3 Å². The summed E-state index contributed by atoms with van der Waals surface area (Å²) in [4.78, 5) is 0. The van der Waals surface area contributed by atoms with E-state index < -0.39 is 0 Å². The van der Waals surface area contributed by atoms with Crippen LogP contribution in [0.3, 0.4) is 0 Å². The van der Waals surface area contributed by atoms with Crippen LogP contribution in [0.2, 0.25) is 0 Å². The van der Waals surface area contributed by atoms with Crippen LogP contribution >= 0.6 is 0 Å². The minimum Gasteiger partial charge on any atom is -0.381 e. The summed E-state index contributed by atoms with van der Waals surface area (Å²) in [5.74, 6) is 7.16. The summed E-state index contributed by atoms with van der Waals surface area (Å²) < 4.78 is 5.37. The van der Waals surface area contributed by atoms with Crippen LogP contribution in [0.1, 0.15) is 32.1 Å². The quantitative estimate of drug-likeness (QED) is 0.507. The normalized spacial score (nSPS) is 31.6. The van der Waals surface area contributed by atoms with Gasteiger partial charge in [0.25, 0.3) is 0 Å². The van der Waals surface area contributed by atoms with Crippen LogP contribution in [-0.2, 0) is 4.74 Å². The molecule has 13 heavy (non-hydrogen) atoms. The molecule has 1 heterocycles. The smallest absolute Gasteiger partial charge is 0.0495 e. The average molecular weight is 184 g/mol. The SMILES string of the molecule is NNC(CC1CCOC1)C1CCC1. The Morgan fingerprint density at radius 1 is 1.38 bits per heavy atom. The van der Waals surface area contributed by atoms with Crippen molar-refractivity contribution in [1.29, 1.82) is 0 Å². The van der Waals surface area contributed by atoms with Crippen LogP contribution in [0.25, 0.3) is 0 Å². The summed E-state index contributed by atoms with van der Waals surface area (Å²) in [6, 6.07) is 0.542. The molecule has 0 aromatic heterocycles. The summed E-state index contributed by atoms with van der Waals surface area (Å²) >= 11 is 0. The molecule has 2 fully saturated rings. The van der Waals surface area contributed by atoms with E-state index in [0.717, 1.165) is 25.0 Å². The zero-order valence-electron chi connectivity index (χ0n) is 8.17. The second kappa shape index (κ2) is 4.40. The molecular weight excluding hydrogens is 164 g/mol. The Morgan fingerprint density at radius 2 is 2.23 bits per heavy atom. The fraction of sp³-hybridized carbons (Fsp3) is 1.00. The highest BCUT2D eigenvalue weighted by Crippen LogP contribution is 2.33. The average Bonchev–Trinajstić information content (AvgIpc) is 2.52. The summed E-state index contributed by atoms with van der Waals surface area (Å²) in [5.41, 5.74) is 2.98. The van der Waals surface area contributed by atoms with Crippen molar-refractivity contribution in [2.45, 2.75) is 38.1 Å². The van der Waals surface area contributed by atoms with Crippen LogP contribution in [0.4, 0.5) is 0 Å². The molecular formula is C10H20N2O. The first-order valence-electron chi connectivity index (χ1n) is 5.44. The number of hydrogen-bond donors (Lipinski definition) is 2. The van der Waals surface area contributed by atoms with Gasteiger partial charge in [0.15, 0.2) is 0 Å². The molecule has 0 radical (unpaired) electrons. The van der Waals surface area contributed by atoms with Gasteiger partial charge in [-0.15, -0.1) is 0 Å². The van der Waals surface area contributed by atoms with E-state index in [1.165, 1.54) is 32.1 Å². The molecule has 1 saturated carbocycles. The fourth-order valence-corrected chi connectivity index (χ4v) is 2.37. The molecule has 1 aliphatic carbocycles. The highest BCUT2D eigenvalue weighted by Gasteiger charge is 2.29. The van der Waals surface area contributed by atoms with Gasteiger partial charge in [-0.2, -0.15) is 0 Å². The molecule has 0 spiro atoms. The number of rotatable bonds is 4. The third kappa shape index (κ3) is 2.22. The van der Waals surface area contributed by atoms with Gasteiger partial charge in [0.2, 0.25) is 0 Å². The van der Waals surface area contributed by atoms with E-state index in [1.807, 2.05) is 0 Å². The van der Waals surface area contributed by atoms with E-state index in [4.69, 9.17) is 10.6 Å². The third-order valence-electron chi connectivity index (χ3n) is 3.54. The standard InChI is InChI=1S/C10H20N2O/c11-12-10(9-2-1-3-9)6-8-4-5-13-7-8/h8-10,12H,1-7,11H2. The Morgan fingerprint density at radius 3 is 2.69 bits per heavy atom. The van der Waals surface area contributed by atoms with Gasteiger partial charge >= 0.3 is 0 Å². The lowest BCUT2D eigenvalue weighted by atomic mass is 9.77. The second-order valence-corrected chi connectivity index (χ2v) is 4.43. The van der Waals surface area contributed by atoms with Gasteiger partial charge in [-0.05, 0) is 37.5 Å². The van der Waals surface area contributed by atoms with Crippen molar-refractivity contribution >= 4 is 0 Å². The Hall–Kier alpha value is -0.120. The first-order chi connectivity index (χ1) is 6.40. The van der Waals surface area contributed by atoms with Crippen LogP contribution in [0.15, 0.2) is 0 Å². The highest BCUT2D eigenvalue weighted by atomic mass is 16.5. The van der Waals surface area contributed by atoms with E-state index in [9.17, 15) is 0 Å². The Labute approximate surface area is 80.0 Å². The van der Waals surface area contributed by atoms with Crippen molar-refractivity contribution < 1.29 is 4.74 Å². The number of nitrogens with one attached hydrogen (secondary N) is 1. The fourth-order valence-electron chi connectivity index (χ4n) is 2.37. The first kappa shape index (κ1) is 9.44. The first-order valence-corrected chi connectivity index (χ1v) is 5.44. The van der Waals surface area contributed by atoms with Gasteiger partial charge in [0, 0.05) is 19.3 Å². The minimum atomic E-state index is 0.542. The number of nitrogens with two attached hydrogens (primary N) is 1. The molecule has 3 N–H and O–H groups in total. The van der Waals surface area contributed by atoms with Crippen molar-refractivity contribution in [3.63, 3.8) is 0 Å². The minimum absolute atomic E-state index is 0.542. The van der Waals surface area contributed by atoms with Gasteiger partial charge in [-0.25, -0.2) is 0 Å². The summed E-state index contributed by atoms with van der Waals surface area (Å²) in [7, 11) is 0. The molecule has 0 aromatic carbocycles. The summed E-state index contributed by atoms with van der Waals surface area (Å²) in [6.07, 6.45) is 6.56. The zero-order valence-corrected chi connectivity index (χ0v) is 8.17. The lowest BCUT2D eigenvalue weighted by molar-refractivity contribution is 0.165. The van der Waals surface area contributed by atoms with Gasteiger partial charge < -0.3 is 4.74 Å². The molecule has 3 nitrogen and oxygen atoms in total. The summed E-state index contributed by atoms with van der Waals surface area (Å²) in [5, 5.41) is 0. The van der Waals surface area contributed by atoms with Crippen LogP contribution in [-0.4, -0.2) is 19.3 Å². The Bertz CT molecular complexity index is 153. The lowest BCUT2D eigenvalue weighted by Gasteiger charge is -2.34. The largest absolute Gasteiger partial charge is 0.381 e. The molecule has 2 atom stereocenters. The predicted octanol–water partition coefficient (Wildman–Crippen LogP) is 1.04. The molecule has 0 amide bonds. The number of hydrazine groups is 1. The predicted molar refractivity (Wildman–Crippen MR) is 52.0 cm³/mol. The maximum absolute atomic E-state index is 5.57. The van der Waals surface area contributed by atoms with Crippen molar-refractivity contribution in [3.05, 3.63) is 0 Å². The van der Waals surface area contributed by atoms with E-state index >= 15 is 0 Å². The molecule has 1 aliphatic heterocycles. The molecule has 2 aliphatic rings. The second-order valence-electron chi connectivity index (χ2n) is 4.43. The van der Waals surface area contributed by atoms with Crippen molar-refractivity contribution in [3.8, 4) is 0 Å². The van der Waals surface area contributed by atoms with E-state index in [1.54, 1.807) is 0 Å². The highest BCUT2D eigenvalue weighted by molar-refractivity contribution is 4.83. The van der Waals surface area contributed by atoms with Crippen molar-refractivity contribution in [1.82, 2.24) is 5.43 Å². The summed E-state index contributed by atoms with van der Waals surface area (Å²) in [6.45, 7) is 1.90. The number of ether oxygens (including phenoxy) is 1. The maximum Gasteiger partial charge on any atom is 0.0495 e. The molecule has 0 aromatic rings. The van der Waals surface area contributed by atoms with Gasteiger partial charge in [0.1, 0.15) is 0 Å². The van der Waals surface area contributed by atoms with Gasteiger partial charge in [0.05, 0.1) is 0 Å². The van der Waals surface area contributed by atoms with E-state index in [2.05, 4.69) is 5.43 Å². The maximum atomic E-state index is 5.57. The third-order valence-corrected chi connectivity index (χ3v) is 3.54. The van der Waals surface area contributed by atoms with Crippen molar-refractivity contribution in [2.75, 3.05) is 13.2 Å². The number of hydrogen-bond acceptors (Lipinski definition) is 3. The molecule has 2 rings (SSSR count). The molecule has 3 heteroatoms. The molecule has 2 unspecified atom stereocenters. The zero-order chi connectivity index (χ0) is 9.10. The van der Waals surface area contributed by atoms with Crippen LogP contribution in [0, 0.1) is 11.8 Å². The van der Waals surface area contributed by atoms with Crippen LogP contribution < -0.4 is 11.3 Å². The molecule has 1 saturated heterocycles. The van der Waals surface area contributed by atoms with Crippen molar-refractivity contribution in [2.24, 2.45) is 17.7 Å². The van der Waals surface area contributed by atoms with Gasteiger partial charge in [-0.1, -0.05) is 6.42 Å². The van der Waals surface area contributed by atoms with E-state index in [-0.39, 0.29) is 0 Å². The monoisotopic (exact) mass is 184 g/mol. The lowest BCUT2D eigenvalue weighted by Crippen LogP contribution is -2.44. The topological polar surface area (TPSA) is 47.3 Å². The van der Waals surface area contributed by atoms with Crippen LogP contribution in [0.5, 0.6) is 0 Å². The van der Waals surface area contributed by atoms with E-state index in [0.29, 0.717) is 6.04 Å². The Kier molecular flexibility index (Phi) is 3.19. The molecule has 76 valence electrons. The Balaban J connectivity index is 1.75. The molecule has 0 bridgehead atoms.